The Bertz CT molecular complexity index is 1030. The summed E-state index contributed by atoms with van der Waals surface area (Å²) in [4.78, 5) is 76.9. The first-order valence-corrected chi connectivity index (χ1v) is 11.7. The van der Waals surface area contributed by atoms with Gasteiger partial charge >= 0.3 is 6.03 Å². The standard InChI is InChI=1S/C23H35N9O6/c1-14(34)9-10-23(20(24)37,32-22(27)38)31-19(36)16(8-5-11-28-21(25)26)30-18(35)17(29-13-33)12-15-6-3-2-4-7-15/h2-4,6-7,13,16-17H,5,8-12H2,1H3,(H2,24,37)(H,29,33)(H,30,35)(H,31,36)(H4,25,26,28)(H3,27,32,38)/t16-,17+,23?/m0/s1. The number of guanidine groups is 1. The van der Waals surface area contributed by atoms with Crippen molar-refractivity contribution in [2.75, 3.05) is 6.54 Å². The summed E-state index contributed by atoms with van der Waals surface area (Å²) in [5.74, 6) is -3.30. The van der Waals surface area contributed by atoms with Gasteiger partial charge in [0, 0.05) is 25.8 Å². The monoisotopic (exact) mass is 533 g/mol. The SMILES string of the molecule is CC(=O)CCC(NC(N)=O)(NC(=O)[C@H](CCCN=C(N)N)NC(=O)[C@@H](Cc1ccccc1)NC=O)C(N)=O. The molecular formula is C23H35N9O6. The first-order valence-electron chi connectivity index (χ1n) is 11.7. The van der Waals surface area contributed by atoms with Gasteiger partial charge in [-0.2, -0.15) is 0 Å². The first kappa shape index (κ1) is 31.3. The van der Waals surface area contributed by atoms with Gasteiger partial charge in [-0.3, -0.25) is 24.2 Å². The van der Waals surface area contributed by atoms with Crippen molar-refractivity contribution < 1.29 is 28.8 Å². The van der Waals surface area contributed by atoms with E-state index >= 15 is 0 Å². The molecule has 0 aliphatic carbocycles. The van der Waals surface area contributed by atoms with Crippen LogP contribution in [0.4, 0.5) is 4.79 Å². The zero-order chi connectivity index (χ0) is 28.7. The fraction of sp³-hybridized carbons (Fsp3) is 0.435. The maximum absolute atomic E-state index is 13.3. The summed E-state index contributed by atoms with van der Waals surface area (Å²) in [6.07, 6.45) is 0.0862. The van der Waals surface area contributed by atoms with Crippen molar-refractivity contribution >= 4 is 41.9 Å². The summed E-state index contributed by atoms with van der Waals surface area (Å²) in [5.41, 5.74) is 19.8. The Morgan fingerprint density at radius 2 is 1.63 bits per heavy atom. The molecule has 1 unspecified atom stereocenters. The van der Waals surface area contributed by atoms with Crippen LogP contribution in [0.2, 0.25) is 0 Å². The van der Waals surface area contributed by atoms with Gasteiger partial charge < -0.3 is 49.0 Å². The third kappa shape index (κ3) is 10.9. The van der Waals surface area contributed by atoms with Crippen molar-refractivity contribution in [3.8, 4) is 0 Å². The summed E-state index contributed by atoms with van der Waals surface area (Å²) < 4.78 is 0. The Labute approximate surface area is 219 Å². The van der Waals surface area contributed by atoms with Crippen LogP contribution in [0.3, 0.4) is 0 Å². The predicted octanol–water partition coefficient (Wildman–Crippen LogP) is -2.78. The molecule has 12 N–H and O–H groups in total. The van der Waals surface area contributed by atoms with Crippen LogP contribution in [0.1, 0.15) is 38.2 Å². The first-order chi connectivity index (χ1) is 17.9. The number of primary amides is 2. The quantitative estimate of drug-likeness (QED) is 0.0340. The Morgan fingerprint density at radius 1 is 0.974 bits per heavy atom. The molecule has 38 heavy (non-hydrogen) atoms. The van der Waals surface area contributed by atoms with E-state index in [2.05, 4.69) is 26.3 Å². The van der Waals surface area contributed by atoms with Crippen molar-refractivity contribution in [2.24, 2.45) is 27.9 Å². The number of hydrogen-bond donors (Lipinski definition) is 8. The van der Waals surface area contributed by atoms with E-state index in [4.69, 9.17) is 22.9 Å². The zero-order valence-electron chi connectivity index (χ0n) is 21.1. The molecule has 0 radical (unpaired) electrons. The Balaban J connectivity index is 3.22. The highest BCUT2D eigenvalue weighted by molar-refractivity contribution is 5.97. The average Bonchev–Trinajstić information content (AvgIpc) is 2.83. The Hall–Kier alpha value is -4.69. The van der Waals surface area contributed by atoms with Crippen LogP contribution in [0, 0.1) is 0 Å². The lowest BCUT2D eigenvalue weighted by atomic mass is 9.99. The Morgan fingerprint density at radius 3 is 2.16 bits per heavy atom. The molecule has 0 saturated carbocycles. The number of aliphatic imine (C=N–C) groups is 1. The molecule has 1 aromatic carbocycles. The molecule has 0 bridgehead atoms. The molecular weight excluding hydrogens is 498 g/mol. The number of carbonyl (C=O) groups is 6. The molecule has 6 amide bonds. The molecule has 0 aliphatic heterocycles. The molecule has 208 valence electrons. The van der Waals surface area contributed by atoms with Crippen LogP contribution in [-0.4, -0.2) is 66.2 Å². The molecule has 15 heteroatoms. The topological polar surface area (TPSA) is 267 Å². The summed E-state index contributed by atoms with van der Waals surface area (Å²) in [5, 5.41) is 9.39. The molecule has 15 nitrogen and oxygen atoms in total. The molecule has 0 aliphatic rings. The number of nitrogens with zero attached hydrogens (tertiary/aromatic N) is 1. The number of urea groups is 1. The second-order valence-electron chi connectivity index (χ2n) is 8.49. The van der Waals surface area contributed by atoms with E-state index in [1.807, 2.05) is 0 Å². The highest BCUT2D eigenvalue weighted by atomic mass is 16.2. The van der Waals surface area contributed by atoms with Crippen molar-refractivity contribution in [1.82, 2.24) is 21.3 Å². The zero-order valence-corrected chi connectivity index (χ0v) is 21.1. The molecule has 0 fully saturated rings. The van der Waals surface area contributed by atoms with E-state index in [-0.39, 0.29) is 50.4 Å². The molecule has 0 heterocycles. The number of Topliss-reactive ketones (excluding diaryl/α,β-unsaturated/α-hetero) is 1. The van der Waals surface area contributed by atoms with Gasteiger partial charge in [-0.1, -0.05) is 30.3 Å². The van der Waals surface area contributed by atoms with Crippen LogP contribution in [0.5, 0.6) is 0 Å². The van der Waals surface area contributed by atoms with Gasteiger partial charge in [0.15, 0.2) is 11.6 Å². The van der Waals surface area contributed by atoms with E-state index in [1.165, 1.54) is 6.92 Å². The second kappa shape index (κ2) is 15.4. The van der Waals surface area contributed by atoms with E-state index < -0.39 is 41.5 Å². The smallest absolute Gasteiger partial charge is 0.314 e. The summed E-state index contributed by atoms with van der Waals surface area (Å²) in [7, 11) is 0. The molecule has 3 atom stereocenters. The maximum atomic E-state index is 13.3. The molecule has 1 aromatic rings. The third-order valence-corrected chi connectivity index (χ3v) is 5.39. The number of nitrogens with one attached hydrogen (secondary N) is 4. The van der Waals surface area contributed by atoms with Gasteiger partial charge in [0.2, 0.25) is 18.2 Å². The van der Waals surface area contributed by atoms with Crippen LogP contribution >= 0.6 is 0 Å². The number of ketones is 1. The lowest BCUT2D eigenvalue weighted by Crippen LogP contribution is -2.70. The van der Waals surface area contributed by atoms with Crippen molar-refractivity contribution in [1.29, 1.82) is 0 Å². The van der Waals surface area contributed by atoms with Gasteiger partial charge in [0.05, 0.1) is 0 Å². The van der Waals surface area contributed by atoms with Crippen LogP contribution < -0.4 is 44.2 Å². The molecule has 1 rings (SSSR count). The van der Waals surface area contributed by atoms with Gasteiger partial charge in [-0.15, -0.1) is 0 Å². The van der Waals surface area contributed by atoms with Crippen molar-refractivity contribution in [3.63, 3.8) is 0 Å². The normalized spacial score (nSPS) is 13.5. The summed E-state index contributed by atoms with van der Waals surface area (Å²) >= 11 is 0. The van der Waals surface area contributed by atoms with E-state index in [0.717, 1.165) is 5.56 Å². The van der Waals surface area contributed by atoms with Crippen LogP contribution in [0.15, 0.2) is 35.3 Å². The molecule has 0 aromatic heterocycles. The number of nitrogens with two attached hydrogens (primary N) is 4. The van der Waals surface area contributed by atoms with Crippen LogP contribution in [-0.2, 0) is 30.4 Å². The number of carbonyl (C=O) groups excluding carboxylic acids is 6. The maximum Gasteiger partial charge on any atom is 0.314 e. The lowest BCUT2D eigenvalue weighted by molar-refractivity contribution is -0.136. The van der Waals surface area contributed by atoms with Gasteiger partial charge in [0.25, 0.3) is 5.91 Å². The second-order valence-corrected chi connectivity index (χ2v) is 8.49. The summed E-state index contributed by atoms with van der Waals surface area (Å²) in [6.45, 7) is 1.37. The van der Waals surface area contributed by atoms with E-state index in [9.17, 15) is 28.8 Å². The van der Waals surface area contributed by atoms with E-state index in [0.29, 0.717) is 6.41 Å². The molecule has 0 saturated heterocycles. The van der Waals surface area contributed by atoms with Gasteiger partial charge in [0.1, 0.15) is 17.9 Å². The van der Waals surface area contributed by atoms with Gasteiger partial charge in [-0.05, 0) is 25.3 Å². The summed E-state index contributed by atoms with van der Waals surface area (Å²) in [6, 6.07) is 5.34. The lowest BCUT2D eigenvalue weighted by Gasteiger charge is -2.33. The number of amides is 6. The minimum atomic E-state index is -2.21. The fourth-order valence-corrected chi connectivity index (χ4v) is 3.48. The highest BCUT2D eigenvalue weighted by Crippen LogP contribution is 2.12. The number of benzene rings is 1. The van der Waals surface area contributed by atoms with E-state index in [1.54, 1.807) is 30.3 Å². The van der Waals surface area contributed by atoms with Crippen molar-refractivity contribution in [2.45, 2.75) is 56.8 Å². The fourth-order valence-electron chi connectivity index (χ4n) is 3.48. The van der Waals surface area contributed by atoms with Crippen molar-refractivity contribution in [3.05, 3.63) is 35.9 Å². The largest absolute Gasteiger partial charge is 0.370 e. The predicted molar refractivity (Wildman–Crippen MR) is 138 cm³/mol. The minimum absolute atomic E-state index is 0.00831. The number of hydrogen-bond acceptors (Lipinski definition) is 7. The highest BCUT2D eigenvalue weighted by Gasteiger charge is 2.41. The van der Waals surface area contributed by atoms with Gasteiger partial charge in [-0.25, -0.2) is 4.79 Å². The average molecular weight is 534 g/mol. The number of rotatable bonds is 17. The molecule has 0 spiro atoms. The minimum Gasteiger partial charge on any atom is -0.370 e. The third-order valence-electron chi connectivity index (χ3n) is 5.39. The van der Waals surface area contributed by atoms with Crippen LogP contribution in [0.25, 0.3) is 0 Å². The Kier molecular flexibility index (Phi) is 12.7.